The average Bonchev–Trinajstić information content (AvgIpc) is 2.14. The molecule has 0 bridgehead atoms. The highest BCUT2D eigenvalue weighted by Crippen LogP contribution is 2.28. The van der Waals surface area contributed by atoms with E-state index in [4.69, 9.17) is 0 Å². The predicted molar refractivity (Wildman–Crippen MR) is 33.0 cm³/mol. The van der Waals surface area contributed by atoms with Crippen molar-refractivity contribution in [2.45, 2.75) is 0 Å². The van der Waals surface area contributed by atoms with Gasteiger partial charge in [0.25, 0.3) is 5.62 Å². The van der Waals surface area contributed by atoms with E-state index in [0.29, 0.717) is 0 Å². The average molecular weight is 113 g/mol. The first-order valence-corrected chi connectivity index (χ1v) is 3.42. The van der Waals surface area contributed by atoms with E-state index in [1.807, 2.05) is 28.6 Å². The molecule has 7 heavy (non-hydrogen) atoms. The molecule has 1 heterocycles. The van der Waals surface area contributed by atoms with Crippen LogP contribution < -0.4 is 0 Å². The second-order valence-corrected chi connectivity index (χ2v) is 2.77. The Bertz CT molecular complexity index is 114. The van der Waals surface area contributed by atoms with Crippen LogP contribution in [0.2, 0.25) is 0 Å². The van der Waals surface area contributed by atoms with E-state index < -0.39 is 10.9 Å². The smallest absolute Gasteiger partial charge is 0.252 e. The minimum atomic E-state index is -0.610. The minimum Gasteiger partial charge on any atom is -0.278 e. The molecule has 0 aromatic rings. The number of hydrogen-bond acceptors (Lipinski definition) is 1. The summed E-state index contributed by atoms with van der Waals surface area (Å²) in [6.07, 6.45) is 3.74. The van der Waals surface area contributed by atoms with Crippen LogP contribution in [0.4, 0.5) is 0 Å². The van der Waals surface area contributed by atoms with Gasteiger partial charge < -0.3 is 0 Å². The standard InChI is InChI=1S/C5H5OS/c6-5-7-3-1-2-4-7/h1-4,7H. The van der Waals surface area contributed by atoms with Crippen molar-refractivity contribution in [3.05, 3.63) is 23.0 Å². The molecular weight excluding hydrogens is 108 g/mol. The predicted octanol–water partition coefficient (Wildman–Crippen LogP) is 1.10. The molecule has 2 heteroatoms. The fraction of sp³-hybridized carbons (Fsp3) is 0. The van der Waals surface area contributed by atoms with Gasteiger partial charge in [0.1, 0.15) is 0 Å². The van der Waals surface area contributed by atoms with Crippen LogP contribution in [-0.4, -0.2) is 5.62 Å². The molecule has 1 aliphatic rings. The Morgan fingerprint density at radius 2 is 1.86 bits per heavy atom. The van der Waals surface area contributed by atoms with Crippen molar-refractivity contribution in [2.75, 3.05) is 0 Å². The van der Waals surface area contributed by atoms with Gasteiger partial charge in [0, 0.05) is 0 Å². The Kier molecular flexibility index (Phi) is 1.32. The Morgan fingerprint density at radius 1 is 1.29 bits per heavy atom. The fourth-order valence-corrected chi connectivity index (χ4v) is 1.19. The van der Waals surface area contributed by atoms with Gasteiger partial charge in [-0.3, -0.25) is 4.79 Å². The number of thiol groups is 1. The summed E-state index contributed by atoms with van der Waals surface area (Å²) in [4.78, 5) is 9.81. The number of carbonyl (C=O) groups excluding carboxylic acids is 1. The van der Waals surface area contributed by atoms with Gasteiger partial charge in [-0.2, -0.15) is 0 Å². The lowest BCUT2D eigenvalue weighted by Crippen LogP contribution is -1.61. The highest BCUT2D eigenvalue weighted by Gasteiger charge is 1.93. The van der Waals surface area contributed by atoms with Crippen molar-refractivity contribution in [3.8, 4) is 0 Å². The normalized spacial score (nSPS) is 20.9. The molecule has 0 aliphatic carbocycles. The van der Waals surface area contributed by atoms with Crippen LogP contribution in [0.25, 0.3) is 0 Å². The summed E-state index contributed by atoms with van der Waals surface area (Å²) in [5.74, 6) is 0. The molecule has 0 saturated carbocycles. The van der Waals surface area contributed by atoms with Crippen LogP contribution in [0, 0.1) is 0 Å². The lowest BCUT2D eigenvalue weighted by atomic mass is 10.6. The molecule has 1 aliphatic heterocycles. The third kappa shape index (κ3) is 0.933. The third-order valence-corrected chi connectivity index (χ3v) is 1.91. The molecular formula is C5H5OS. The van der Waals surface area contributed by atoms with Crippen molar-refractivity contribution < 1.29 is 4.79 Å². The van der Waals surface area contributed by atoms with Crippen molar-refractivity contribution in [1.29, 1.82) is 0 Å². The zero-order chi connectivity index (χ0) is 5.11. The van der Waals surface area contributed by atoms with Crippen LogP contribution in [0.1, 0.15) is 0 Å². The zero-order valence-corrected chi connectivity index (χ0v) is 4.56. The molecule has 1 radical (unpaired) electrons. The van der Waals surface area contributed by atoms with Gasteiger partial charge in [-0.25, -0.2) is 0 Å². The minimum absolute atomic E-state index is 0.610. The first-order valence-electron chi connectivity index (χ1n) is 1.94. The second-order valence-electron chi connectivity index (χ2n) is 1.18. The molecule has 0 fully saturated rings. The topological polar surface area (TPSA) is 17.1 Å². The van der Waals surface area contributed by atoms with Gasteiger partial charge >= 0.3 is 0 Å². The van der Waals surface area contributed by atoms with Gasteiger partial charge in [0.05, 0.1) is 0 Å². The van der Waals surface area contributed by atoms with Crippen molar-refractivity contribution >= 4 is 16.5 Å². The summed E-state index contributed by atoms with van der Waals surface area (Å²) >= 11 is 0. The van der Waals surface area contributed by atoms with Gasteiger partial charge in [-0.1, -0.05) is 12.2 Å². The summed E-state index contributed by atoms with van der Waals surface area (Å²) < 4.78 is 0. The van der Waals surface area contributed by atoms with E-state index in [2.05, 4.69) is 0 Å². The number of hydrogen-bond donors (Lipinski definition) is 1. The summed E-state index contributed by atoms with van der Waals surface area (Å²) in [5, 5.41) is 3.73. The molecule has 0 atom stereocenters. The Morgan fingerprint density at radius 3 is 2.14 bits per heavy atom. The molecule has 0 spiro atoms. The van der Waals surface area contributed by atoms with Crippen LogP contribution in [0.3, 0.4) is 0 Å². The van der Waals surface area contributed by atoms with Gasteiger partial charge in [-0.05, 0) is 10.8 Å². The van der Waals surface area contributed by atoms with E-state index in [1.54, 1.807) is 0 Å². The lowest BCUT2D eigenvalue weighted by molar-refractivity contribution is 0.570. The summed E-state index contributed by atoms with van der Waals surface area (Å²) in [6, 6.07) is 0. The van der Waals surface area contributed by atoms with Gasteiger partial charge in [0.2, 0.25) is 0 Å². The molecule has 0 amide bonds. The highest BCUT2D eigenvalue weighted by molar-refractivity contribution is 8.33. The molecule has 0 saturated heterocycles. The Hall–Kier alpha value is -0.500. The third-order valence-electron chi connectivity index (χ3n) is 0.710. The molecule has 0 unspecified atom stereocenters. The van der Waals surface area contributed by atoms with E-state index in [0.717, 1.165) is 0 Å². The molecule has 0 aromatic carbocycles. The van der Waals surface area contributed by atoms with Gasteiger partial charge in [0.15, 0.2) is 0 Å². The SMILES string of the molecule is O=[C][SH]1C=CC=C1. The van der Waals surface area contributed by atoms with Gasteiger partial charge in [-0.15, -0.1) is 10.9 Å². The number of rotatable bonds is 1. The first kappa shape index (κ1) is 4.65. The van der Waals surface area contributed by atoms with E-state index in [9.17, 15) is 4.79 Å². The maximum absolute atomic E-state index is 9.81. The molecule has 37 valence electrons. The zero-order valence-electron chi connectivity index (χ0n) is 3.66. The molecule has 1 nitrogen and oxygen atoms in total. The van der Waals surface area contributed by atoms with Crippen molar-refractivity contribution in [2.24, 2.45) is 0 Å². The van der Waals surface area contributed by atoms with Crippen LogP contribution in [0.5, 0.6) is 0 Å². The van der Waals surface area contributed by atoms with Crippen LogP contribution in [0.15, 0.2) is 23.0 Å². The van der Waals surface area contributed by atoms with Crippen LogP contribution >= 0.6 is 10.9 Å². The van der Waals surface area contributed by atoms with E-state index in [-0.39, 0.29) is 0 Å². The first-order chi connectivity index (χ1) is 3.43. The Labute approximate surface area is 45.1 Å². The summed E-state index contributed by atoms with van der Waals surface area (Å²) in [7, 11) is -0.610. The van der Waals surface area contributed by atoms with Crippen molar-refractivity contribution in [1.82, 2.24) is 0 Å². The maximum atomic E-state index is 9.81. The van der Waals surface area contributed by atoms with Crippen LogP contribution in [-0.2, 0) is 4.79 Å². The largest absolute Gasteiger partial charge is 0.278 e. The second kappa shape index (κ2) is 1.98. The number of allylic oxidation sites excluding steroid dienone is 2. The molecule has 0 aromatic heterocycles. The lowest BCUT2D eigenvalue weighted by Gasteiger charge is -1.89. The van der Waals surface area contributed by atoms with E-state index >= 15 is 0 Å². The maximum Gasteiger partial charge on any atom is 0.252 e. The molecule has 0 N–H and O–H groups in total. The Balaban J connectivity index is 2.59. The quantitative estimate of drug-likeness (QED) is 0.504. The highest BCUT2D eigenvalue weighted by atomic mass is 32.2. The van der Waals surface area contributed by atoms with E-state index in [1.165, 1.54) is 0 Å². The monoisotopic (exact) mass is 113 g/mol. The molecule has 1 rings (SSSR count). The summed E-state index contributed by atoms with van der Waals surface area (Å²) in [5.41, 5.74) is 1.91. The fourth-order valence-electron chi connectivity index (χ4n) is 0.395. The van der Waals surface area contributed by atoms with Crippen molar-refractivity contribution in [3.63, 3.8) is 0 Å². The summed E-state index contributed by atoms with van der Waals surface area (Å²) in [6.45, 7) is 0.